The Hall–Kier alpha value is -2.41. The topological polar surface area (TPSA) is 78.3 Å². The molecule has 7 nitrogen and oxygen atoms in total. The quantitative estimate of drug-likeness (QED) is 0.898. The first kappa shape index (κ1) is 14.2. The summed E-state index contributed by atoms with van der Waals surface area (Å²) >= 11 is 0. The number of pyridine rings is 1. The van der Waals surface area contributed by atoms with Gasteiger partial charge in [-0.2, -0.15) is 0 Å². The second-order valence-electron chi connectivity index (χ2n) is 5.78. The maximum absolute atomic E-state index is 12.4. The Morgan fingerprint density at radius 3 is 3.17 bits per heavy atom. The molecule has 4 heterocycles. The van der Waals surface area contributed by atoms with Crippen LogP contribution in [0.1, 0.15) is 29.0 Å². The third-order valence-corrected chi connectivity index (χ3v) is 4.06. The summed E-state index contributed by atoms with van der Waals surface area (Å²) in [4.78, 5) is 21.2. The van der Waals surface area contributed by atoms with Crippen LogP contribution in [0.2, 0.25) is 0 Å². The van der Waals surface area contributed by atoms with E-state index in [-0.39, 0.29) is 11.9 Å². The van der Waals surface area contributed by atoms with Crippen molar-refractivity contribution in [2.45, 2.75) is 25.3 Å². The SMILES string of the molecule is O=C(N[C@@H]1CCCOC1)c1ccc2c(n1)-n1cnc(c1)CCO2. The van der Waals surface area contributed by atoms with Gasteiger partial charge in [0, 0.05) is 19.2 Å². The fourth-order valence-electron chi connectivity index (χ4n) is 2.85. The number of rotatable bonds is 2. The molecule has 4 rings (SSSR count). The van der Waals surface area contributed by atoms with Gasteiger partial charge >= 0.3 is 0 Å². The van der Waals surface area contributed by atoms with Crippen LogP contribution in [0.5, 0.6) is 5.75 Å². The van der Waals surface area contributed by atoms with Gasteiger partial charge in [0.2, 0.25) is 0 Å². The summed E-state index contributed by atoms with van der Waals surface area (Å²) in [7, 11) is 0. The number of carbonyl (C=O) groups is 1. The van der Waals surface area contributed by atoms with E-state index in [1.165, 1.54) is 0 Å². The number of amides is 1. The van der Waals surface area contributed by atoms with Crippen molar-refractivity contribution in [3.63, 3.8) is 0 Å². The van der Waals surface area contributed by atoms with Gasteiger partial charge in [0.1, 0.15) is 12.0 Å². The highest BCUT2D eigenvalue weighted by Gasteiger charge is 2.20. The average Bonchev–Trinajstić information content (AvgIpc) is 3.05. The predicted octanol–water partition coefficient (Wildman–Crippen LogP) is 1.11. The highest BCUT2D eigenvalue weighted by Crippen LogP contribution is 2.24. The minimum absolute atomic E-state index is 0.0520. The highest BCUT2D eigenvalue weighted by molar-refractivity contribution is 5.92. The zero-order valence-electron chi connectivity index (χ0n) is 12.7. The van der Waals surface area contributed by atoms with Crippen LogP contribution in [-0.4, -0.2) is 46.3 Å². The van der Waals surface area contributed by atoms with Crippen molar-refractivity contribution in [1.29, 1.82) is 0 Å². The molecule has 1 fully saturated rings. The molecule has 1 amide bonds. The van der Waals surface area contributed by atoms with Crippen molar-refractivity contribution in [2.24, 2.45) is 0 Å². The Labute approximate surface area is 133 Å². The summed E-state index contributed by atoms with van der Waals surface area (Å²) in [6.45, 7) is 1.88. The van der Waals surface area contributed by atoms with E-state index in [1.54, 1.807) is 23.0 Å². The van der Waals surface area contributed by atoms with Crippen LogP contribution < -0.4 is 10.1 Å². The standard InChI is InChI=1S/C16H18N4O3/c21-16(18-12-2-1-6-22-9-12)13-3-4-14-15(19-13)20-8-11(17-10-20)5-7-23-14/h3-4,8,10,12H,1-2,5-7,9H2,(H,18,21)/t12-/m1/s1. The molecule has 2 aliphatic heterocycles. The smallest absolute Gasteiger partial charge is 0.270 e. The molecule has 2 aromatic rings. The monoisotopic (exact) mass is 314 g/mol. The van der Waals surface area contributed by atoms with E-state index in [0.717, 1.165) is 31.6 Å². The van der Waals surface area contributed by atoms with Gasteiger partial charge in [0.05, 0.1) is 24.9 Å². The lowest BCUT2D eigenvalue weighted by Crippen LogP contribution is -2.41. The maximum atomic E-state index is 12.4. The molecule has 0 unspecified atom stereocenters. The molecule has 23 heavy (non-hydrogen) atoms. The number of fused-ring (bicyclic) bond motifs is 4. The second-order valence-corrected chi connectivity index (χ2v) is 5.78. The van der Waals surface area contributed by atoms with E-state index in [9.17, 15) is 4.79 Å². The van der Waals surface area contributed by atoms with E-state index in [1.807, 2.05) is 6.20 Å². The number of imidazole rings is 1. The number of nitrogens with zero attached hydrogens (tertiary/aromatic N) is 3. The number of ether oxygens (including phenoxy) is 2. The van der Waals surface area contributed by atoms with Crippen LogP contribution >= 0.6 is 0 Å². The molecule has 0 aliphatic carbocycles. The zero-order valence-corrected chi connectivity index (χ0v) is 12.7. The lowest BCUT2D eigenvalue weighted by atomic mass is 10.1. The fourth-order valence-corrected chi connectivity index (χ4v) is 2.85. The first-order chi connectivity index (χ1) is 11.3. The molecule has 0 radical (unpaired) electrons. The largest absolute Gasteiger partial charge is 0.489 e. The Kier molecular flexibility index (Phi) is 3.70. The van der Waals surface area contributed by atoms with Crippen molar-refractivity contribution in [3.05, 3.63) is 36.0 Å². The number of carbonyl (C=O) groups excluding carboxylic acids is 1. The number of aromatic nitrogens is 3. The number of hydrogen-bond acceptors (Lipinski definition) is 5. The van der Waals surface area contributed by atoms with Crippen LogP contribution in [0.4, 0.5) is 0 Å². The second kappa shape index (κ2) is 6.00. The van der Waals surface area contributed by atoms with Crippen molar-refractivity contribution >= 4 is 5.91 Å². The zero-order chi connectivity index (χ0) is 15.6. The Morgan fingerprint density at radius 1 is 1.35 bits per heavy atom. The minimum Gasteiger partial charge on any atom is -0.489 e. The lowest BCUT2D eigenvalue weighted by Gasteiger charge is -2.23. The molecule has 7 heteroatoms. The highest BCUT2D eigenvalue weighted by atomic mass is 16.5. The molecular weight excluding hydrogens is 296 g/mol. The normalized spacial score (nSPS) is 19.9. The minimum atomic E-state index is -0.189. The van der Waals surface area contributed by atoms with Crippen molar-refractivity contribution in [2.75, 3.05) is 19.8 Å². The molecule has 1 N–H and O–H groups in total. The summed E-state index contributed by atoms with van der Waals surface area (Å²) in [5.74, 6) is 1.06. The average molecular weight is 314 g/mol. The van der Waals surface area contributed by atoms with E-state index >= 15 is 0 Å². The lowest BCUT2D eigenvalue weighted by molar-refractivity contribution is 0.0622. The van der Waals surface area contributed by atoms with Gasteiger partial charge < -0.3 is 14.8 Å². The van der Waals surface area contributed by atoms with Crippen LogP contribution in [0.15, 0.2) is 24.7 Å². The van der Waals surface area contributed by atoms with E-state index in [0.29, 0.717) is 30.5 Å². The van der Waals surface area contributed by atoms with Crippen molar-refractivity contribution in [1.82, 2.24) is 19.9 Å². The van der Waals surface area contributed by atoms with E-state index in [2.05, 4.69) is 15.3 Å². The third kappa shape index (κ3) is 2.92. The summed E-state index contributed by atoms with van der Waals surface area (Å²) in [5.41, 5.74) is 1.32. The van der Waals surface area contributed by atoms with Gasteiger partial charge in [-0.05, 0) is 25.0 Å². The van der Waals surface area contributed by atoms with Crippen molar-refractivity contribution in [3.8, 4) is 11.6 Å². The van der Waals surface area contributed by atoms with Gasteiger partial charge in [-0.25, -0.2) is 9.97 Å². The van der Waals surface area contributed by atoms with Crippen LogP contribution in [0.25, 0.3) is 5.82 Å². The van der Waals surface area contributed by atoms with E-state index in [4.69, 9.17) is 9.47 Å². The molecule has 120 valence electrons. The molecule has 0 aromatic carbocycles. The Morgan fingerprint density at radius 2 is 2.30 bits per heavy atom. The fraction of sp³-hybridized carbons (Fsp3) is 0.438. The van der Waals surface area contributed by atoms with Crippen LogP contribution in [-0.2, 0) is 11.2 Å². The third-order valence-electron chi connectivity index (χ3n) is 4.06. The molecular formula is C16H18N4O3. The number of hydrogen-bond donors (Lipinski definition) is 1. The summed E-state index contributed by atoms with van der Waals surface area (Å²) in [6, 6.07) is 3.54. The molecule has 0 saturated carbocycles. The predicted molar refractivity (Wildman–Crippen MR) is 81.9 cm³/mol. The Balaban J connectivity index is 1.59. The summed E-state index contributed by atoms with van der Waals surface area (Å²) < 4.78 is 12.9. The first-order valence-electron chi connectivity index (χ1n) is 7.85. The van der Waals surface area contributed by atoms with E-state index < -0.39 is 0 Å². The van der Waals surface area contributed by atoms with Crippen molar-refractivity contribution < 1.29 is 14.3 Å². The van der Waals surface area contributed by atoms with Gasteiger partial charge in [-0.3, -0.25) is 9.36 Å². The first-order valence-corrected chi connectivity index (χ1v) is 7.85. The number of nitrogens with one attached hydrogen (secondary N) is 1. The van der Waals surface area contributed by atoms with Gasteiger partial charge in [-0.1, -0.05) is 0 Å². The summed E-state index contributed by atoms with van der Waals surface area (Å²) in [6.07, 6.45) is 6.28. The summed E-state index contributed by atoms with van der Waals surface area (Å²) in [5, 5.41) is 2.98. The van der Waals surface area contributed by atoms with Gasteiger partial charge in [0.25, 0.3) is 5.91 Å². The Bertz CT molecular complexity index is 722. The van der Waals surface area contributed by atoms with Gasteiger partial charge in [0.15, 0.2) is 11.6 Å². The molecule has 1 atom stereocenters. The molecule has 2 aliphatic rings. The van der Waals surface area contributed by atoms with Gasteiger partial charge in [-0.15, -0.1) is 0 Å². The maximum Gasteiger partial charge on any atom is 0.270 e. The van der Waals surface area contributed by atoms with Crippen LogP contribution in [0, 0.1) is 0 Å². The molecule has 0 spiro atoms. The molecule has 2 aromatic heterocycles. The molecule has 1 saturated heterocycles. The molecule has 2 bridgehead atoms. The van der Waals surface area contributed by atoms with Crippen LogP contribution in [0.3, 0.4) is 0 Å².